The molecular weight excluding hydrogens is 510 g/mol. The Bertz CT molecular complexity index is 1460. The van der Waals surface area contributed by atoms with Crippen LogP contribution in [0.2, 0.25) is 5.02 Å². The molecular formula is C24H24ClN3O3S3. The predicted molar refractivity (Wildman–Crippen MR) is 141 cm³/mol. The average Bonchev–Trinajstić information content (AvgIpc) is 3.11. The van der Waals surface area contributed by atoms with E-state index in [-0.39, 0.29) is 16.6 Å². The lowest BCUT2D eigenvalue weighted by molar-refractivity contribution is 0.601. The molecule has 178 valence electrons. The van der Waals surface area contributed by atoms with Crippen LogP contribution in [0.4, 0.5) is 5.82 Å². The molecule has 1 N–H and O–H groups in total. The van der Waals surface area contributed by atoms with Crippen molar-refractivity contribution in [1.82, 2.24) is 9.55 Å². The Hall–Kier alpha value is -2.33. The highest BCUT2D eigenvalue weighted by Gasteiger charge is 2.27. The van der Waals surface area contributed by atoms with Crippen molar-refractivity contribution in [2.24, 2.45) is 0 Å². The molecule has 2 aliphatic rings. The first-order valence-corrected chi connectivity index (χ1v) is 14.2. The number of fused-ring (bicyclic) bond motifs is 1. The molecule has 0 spiro atoms. The third-order valence-corrected chi connectivity index (χ3v) is 9.91. The second-order valence-electron chi connectivity index (χ2n) is 8.14. The molecule has 0 fully saturated rings. The minimum atomic E-state index is -3.91. The molecule has 2 aromatic rings. The van der Waals surface area contributed by atoms with Crippen molar-refractivity contribution in [3.05, 3.63) is 85.7 Å². The maximum Gasteiger partial charge on any atom is 0.354 e. The summed E-state index contributed by atoms with van der Waals surface area (Å²) in [6.07, 6.45) is 0. The fourth-order valence-electron chi connectivity index (χ4n) is 3.48. The number of sulfonamides is 1. The van der Waals surface area contributed by atoms with E-state index in [0.717, 1.165) is 31.7 Å². The largest absolute Gasteiger partial charge is 0.354 e. The summed E-state index contributed by atoms with van der Waals surface area (Å²) in [5.74, 6) is 1.00. The lowest BCUT2D eigenvalue weighted by atomic mass is 10.0. The molecule has 2 heterocycles. The molecule has 2 aromatic carbocycles. The number of nitrogens with zero attached hydrogens (tertiary/aromatic N) is 2. The topological polar surface area (TPSA) is 81.1 Å². The zero-order chi connectivity index (χ0) is 24.6. The van der Waals surface area contributed by atoms with E-state index in [2.05, 4.69) is 16.6 Å². The predicted octanol–water partition coefficient (Wildman–Crippen LogP) is 6.01. The van der Waals surface area contributed by atoms with Gasteiger partial charge in [0.15, 0.2) is 5.82 Å². The molecule has 0 bridgehead atoms. The molecule has 0 aromatic heterocycles. The summed E-state index contributed by atoms with van der Waals surface area (Å²) in [7, 11) is -3.91. The Kier molecular flexibility index (Phi) is 7.09. The van der Waals surface area contributed by atoms with Crippen LogP contribution in [0.15, 0.2) is 62.4 Å². The number of benzene rings is 2. The molecule has 4 rings (SSSR count). The molecule has 0 radical (unpaired) electrons. The van der Waals surface area contributed by atoms with Crippen molar-refractivity contribution in [3.8, 4) is 5.69 Å². The number of hydrogen-bond acceptors (Lipinski definition) is 6. The number of aryl methyl sites for hydroxylation is 2. The highest BCUT2D eigenvalue weighted by Crippen LogP contribution is 2.40. The zero-order valence-electron chi connectivity index (χ0n) is 19.1. The third kappa shape index (κ3) is 5.02. The first-order valence-electron chi connectivity index (χ1n) is 10.6. The summed E-state index contributed by atoms with van der Waals surface area (Å²) in [4.78, 5) is 17.9. The van der Waals surface area contributed by atoms with Gasteiger partial charge >= 0.3 is 5.69 Å². The second-order valence-corrected chi connectivity index (χ2v) is 12.8. The summed E-state index contributed by atoms with van der Waals surface area (Å²) < 4.78 is 30.9. The number of imidazole rings is 1. The standard InChI is InChI=1S/C24H24ClN3O3S3/c1-14-5-11-20(12-6-14)34(30,31)27-22-21-23(33-17(4)16(3)28(21)24(29)26-22)32-13-15(2)18-7-9-19(25)10-8-18/h5-12,15H,13H2,1-4H3,(H,26,27,29). The summed E-state index contributed by atoms with van der Waals surface area (Å²) in [6.45, 7) is 7.79. The van der Waals surface area contributed by atoms with Gasteiger partial charge in [-0.2, -0.15) is 4.98 Å². The van der Waals surface area contributed by atoms with Crippen molar-refractivity contribution in [3.63, 3.8) is 0 Å². The summed E-state index contributed by atoms with van der Waals surface area (Å²) >= 11 is 9.13. The van der Waals surface area contributed by atoms with Crippen LogP contribution in [0.25, 0.3) is 5.69 Å². The van der Waals surface area contributed by atoms with Crippen LogP contribution in [0.3, 0.4) is 0 Å². The van der Waals surface area contributed by atoms with Gasteiger partial charge in [0.05, 0.1) is 9.10 Å². The number of hydrogen-bond donors (Lipinski definition) is 1. The van der Waals surface area contributed by atoms with Gasteiger partial charge in [-0.3, -0.25) is 9.29 Å². The van der Waals surface area contributed by atoms with Gasteiger partial charge in [0.25, 0.3) is 10.0 Å². The lowest BCUT2D eigenvalue weighted by Gasteiger charge is -2.17. The Balaban J connectivity index is 1.70. The first-order chi connectivity index (χ1) is 16.1. The Morgan fingerprint density at radius 3 is 2.38 bits per heavy atom. The van der Waals surface area contributed by atoms with Crippen LogP contribution >= 0.6 is 34.7 Å². The quantitative estimate of drug-likeness (QED) is 0.294. The van der Waals surface area contributed by atoms with Crippen LogP contribution in [0, 0.1) is 20.8 Å². The summed E-state index contributed by atoms with van der Waals surface area (Å²) in [6, 6.07) is 14.3. The van der Waals surface area contributed by atoms with Gasteiger partial charge in [0.2, 0.25) is 0 Å². The molecule has 0 amide bonds. The normalized spacial score (nSPS) is 12.7. The Labute approximate surface area is 212 Å². The fourth-order valence-corrected chi connectivity index (χ4v) is 7.15. The SMILES string of the molecule is Cc1ccc(S(=O)(=O)Nc2nc(=O)n3c(C)c(C)sc(SCC(C)c4ccc(Cl)cc4)c2-3)cc1. The summed E-state index contributed by atoms with van der Waals surface area (Å²) in [5, 5.41) is 0.689. The number of thioether (sulfide) groups is 1. The minimum Gasteiger partial charge on any atom is -0.261 e. The zero-order valence-corrected chi connectivity index (χ0v) is 22.3. The second kappa shape index (κ2) is 9.73. The molecule has 10 heteroatoms. The van der Waals surface area contributed by atoms with Gasteiger partial charge < -0.3 is 0 Å². The van der Waals surface area contributed by atoms with Gasteiger partial charge in [-0.05, 0) is 56.5 Å². The molecule has 0 saturated heterocycles. The van der Waals surface area contributed by atoms with Crippen molar-refractivity contribution in [1.29, 1.82) is 0 Å². The monoisotopic (exact) mass is 533 g/mol. The van der Waals surface area contributed by atoms with Crippen molar-refractivity contribution < 1.29 is 8.42 Å². The fraction of sp³-hybridized carbons (Fsp3) is 0.250. The van der Waals surface area contributed by atoms with E-state index < -0.39 is 15.7 Å². The van der Waals surface area contributed by atoms with Crippen LogP contribution in [0.5, 0.6) is 0 Å². The van der Waals surface area contributed by atoms with Gasteiger partial charge in [0, 0.05) is 21.3 Å². The number of nitrogens with one attached hydrogen (secondary N) is 1. The number of rotatable bonds is 7. The van der Waals surface area contributed by atoms with Crippen molar-refractivity contribution in [2.75, 3.05) is 10.5 Å². The van der Waals surface area contributed by atoms with Crippen LogP contribution in [0.1, 0.15) is 34.5 Å². The van der Waals surface area contributed by atoms with Crippen LogP contribution in [-0.4, -0.2) is 23.7 Å². The number of aromatic nitrogens is 2. The number of anilines is 1. The molecule has 2 aliphatic heterocycles. The molecule has 0 saturated carbocycles. The van der Waals surface area contributed by atoms with E-state index >= 15 is 0 Å². The van der Waals surface area contributed by atoms with Crippen molar-refractivity contribution >= 4 is 50.5 Å². The maximum atomic E-state index is 13.0. The molecule has 1 unspecified atom stereocenters. The van der Waals surface area contributed by atoms with E-state index in [1.165, 1.54) is 28.0 Å². The van der Waals surface area contributed by atoms with Crippen LogP contribution in [-0.2, 0) is 10.0 Å². The first kappa shape index (κ1) is 24.8. The average molecular weight is 534 g/mol. The lowest BCUT2D eigenvalue weighted by Crippen LogP contribution is -2.17. The number of halogens is 1. The van der Waals surface area contributed by atoms with Gasteiger partial charge in [-0.1, -0.05) is 48.4 Å². The maximum absolute atomic E-state index is 13.0. The van der Waals surface area contributed by atoms with E-state index in [1.54, 1.807) is 23.9 Å². The van der Waals surface area contributed by atoms with E-state index in [0.29, 0.717) is 10.7 Å². The molecule has 1 atom stereocenters. The molecule has 6 nitrogen and oxygen atoms in total. The van der Waals surface area contributed by atoms with E-state index in [1.807, 2.05) is 45.0 Å². The Morgan fingerprint density at radius 1 is 1.09 bits per heavy atom. The van der Waals surface area contributed by atoms with Gasteiger partial charge in [-0.15, -0.1) is 23.1 Å². The van der Waals surface area contributed by atoms with Crippen molar-refractivity contribution in [2.45, 2.75) is 42.7 Å². The molecule has 0 aliphatic carbocycles. The summed E-state index contributed by atoms with van der Waals surface area (Å²) in [5.41, 5.74) is 2.84. The Morgan fingerprint density at radius 2 is 1.74 bits per heavy atom. The smallest absolute Gasteiger partial charge is 0.261 e. The van der Waals surface area contributed by atoms with Crippen LogP contribution < -0.4 is 10.4 Å². The highest BCUT2D eigenvalue weighted by molar-refractivity contribution is 8.01. The molecule has 34 heavy (non-hydrogen) atoms. The minimum absolute atomic E-state index is 0.0478. The van der Waals surface area contributed by atoms with Gasteiger partial charge in [-0.25, -0.2) is 13.2 Å². The third-order valence-electron chi connectivity index (χ3n) is 5.60. The highest BCUT2D eigenvalue weighted by atomic mass is 35.5. The van der Waals surface area contributed by atoms with Gasteiger partial charge in [0.1, 0.15) is 5.69 Å². The van der Waals surface area contributed by atoms with E-state index in [9.17, 15) is 13.2 Å². The van der Waals surface area contributed by atoms with E-state index in [4.69, 9.17) is 11.6 Å².